The number of aromatic nitrogens is 2. The van der Waals surface area contributed by atoms with E-state index < -0.39 is 4.92 Å². The summed E-state index contributed by atoms with van der Waals surface area (Å²) in [5.41, 5.74) is 0.232. The zero-order chi connectivity index (χ0) is 20.8. The molecule has 29 heavy (non-hydrogen) atoms. The lowest BCUT2D eigenvalue weighted by Gasteiger charge is -2.08. The number of methoxy groups -OCH3 is 1. The average molecular weight is 419 g/mol. The number of rotatable bonds is 8. The van der Waals surface area contributed by atoms with Crippen LogP contribution in [0.2, 0.25) is 5.02 Å². The molecule has 2 aromatic carbocycles. The Hall–Kier alpha value is -3.66. The summed E-state index contributed by atoms with van der Waals surface area (Å²) in [7, 11) is 1.50. The van der Waals surface area contributed by atoms with Crippen LogP contribution < -0.4 is 14.8 Å². The largest absolute Gasteiger partial charge is 0.495 e. The summed E-state index contributed by atoms with van der Waals surface area (Å²) in [5.74, 6) is 0.368. The highest BCUT2D eigenvalue weighted by Gasteiger charge is 2.18. The lowest BCUT2D eigenvalue weighted by molar-refractivity contribution is -0.385. The van der Waals surface area contributed by atoms with Crippen LogP contribution >= 0.6 is 11.6 Å². The molecular formula is C18H15ClN4O6. The fourth-order valence-corrected chi connectivity index (χ4v) is 2.57. The van der Waals surface area contributed by atoms with E-state index in [-0.39, 0.29) is 47.1 Å². The number of ether oxygens (including phenoxy) is 2. The molecule has 1 N–H and O–H groups in total. The summed E-state index contributed by atoms with van der Waals surface area (Å²) in [6.45, 7) is -0.205. The summed E-state index contributed by atoms with van der Waals surface area (Å²) in [6.07, 6.45) is -0.136. The van der Waals surface area contributed by atoms with E-state index in [2.05, 4.69) is 15.5 Å². The van der Waals surface area contributed by atoms with Gasteiger partial charge in [-0.2, -0.15) is 4.98 Å². The molecule has 1 aromatic heterocycles. The minimum atomic E-state index is -0.608. The minimum Gasteiger partial charge on any atom is -0.495 e. The van der Waals surface area contributed by atoms with Crippen LogP contribution in [0.25, 0.3) is 0 Å². The number of carbonyl (C=O) groups is 1. The highest BCUT2D eigenvalue weighted by Crippen LogP contribution is 2.30. The number of nitro benzene ring substituents is 1. The van der Waals surface area contributed by atoms with Gasteiger partial charge >= 0.3 is 5.69 Å². The van der Waals surface area contributed by atoms with Crippen LogP contribution in [-0.4, -0.2) is 28.1 Å². The van der Waals surface area contributed by atoms with Crippen molar-refractivity contribution in [3.63, 3.8) is 0 Å². The number of benzene rings is 2. The van der Waals surface area contributed by atoms with Crippen LogP contribution in [0.15, 0.2) is 47.0 Å². The van der Waals surface area contributed by atoms with E-state index >= 15 is 0 Å². The molecule has 3 rings (SSSR count). The summed E-state index contributed by atoms with van der Waals surface area (Å²) in [4.78, 5) is 26.7. The Bertz CT molecular complexity index is 1040. The third kappa shape index (κ3) is 5.20. The monoisotopic (exact) mass is 418 g/mol. The molecule has 10 nitrogen and oxygen atoms in total. The number of nitro groups is 1. The molecule has 0 radical (unpaired) electrons. The fraction of sp³-hybridized carbons (Fsp3) is 0.167. The van der Waals surface area contributed by atoms with Gasteiger partial charge in [-0.3, -0.25) is 14.9 Å². The maximum atomic E-state index is 12.2. The van der Waals surface area contributed by atoms with E-state index in [9.17, 15) is 14.9 Å². The van der Waals surface area contributed by atoms with E-state index in [0.717, 1.165) is 0 Å². The molecule has 1 amide bonds. The zero-order valence-corrected chi connectivity index (χ0v) is 15.9. The third-order valence-corrected chi connectivity index (χ3v) is 3.91. The molecular weight excluding hydrogens is 404 g/mol. The van der Waals surface area contributed by atoms with E-state index in [1.165, 1.54) is 25.3 Å². The number of para-hydroxylation sites is 2. The van der Waals surface area contributed by atoms with Gasteiger partial charge in [-0.25, -0.2) is 0 Å². The molecule has 150 valence electrons. The second kappa shape index (κ2) is 9.02. The molecule has 0 aliphatic rings. The zero-order valence-electron chi connectivity index (χ0n) is 15.1. The van der Waals surface area contributed by atoms with Crippen LogP contribution in [0.4, 0.5) is 11.4 Å². The standard InChI is InChI=1S/C18H15ClN4O6/c1-27-14-5-3-2-4-12(14)20-17(24)9-16-21-18(29-22-16)10-28-15-7-6-11(19)8-13(15)23(25)26/h2-8H,9-10H2,1H3,(H,20,24). The van der Waals surface area contributed by atoms with Gasteiger partial charge < -0.3 is 19.3 Å². The third-order valence-electron chi connectivity index (χ3n) is 3.68. The van der Waals surface area contributed by atoms with Gasteiger partial charge in [0, 0.05) is 11.1 Å². The maximum absolute atomic E-state index is 12.2. The molecule has 0 spiro atoms. The van der Waals surface area contributed by atoms with E-state index in [1.807, 2.05) is 0 Å². The Morgan fingerprint density at radius 3 is 2.83 bits per heavy atom. The Balaban J connectivity index is 1.60. The smallest absolute Gasteiger partial charge is 0.312 e. The van der Waals surface area contributed by atoms with E-state index in [4.69, 9.17) is 25.6 Å². The second-order valence-electron chi connectivity index (χ2n) is 5.69. The van der Waals surface area contributed by atoms with Gasteiger partial charge in [-0.15, -0.1) is 0 Å². The predicted octanol–water partition coefficient (Wildman–Crippen LogP) is 3.40. The number of nitrogens with one attached hydrogen (secondary N) is 1. The summed E-state index contributed by atoms with van der Waals surface area (Å²) in [5, 5.41) is 17.7. The fourth-order valence-electron chi connectivity index (χ4n) is 2.40. The first kappa shape index (κ1) is 20.1. The number of carbonyl (C=O) groups excluding carboxylic acids is 1. The normalized spacial score (nSPS) is 10.4. The Morgan fingerprint density at radius 1 is 1.28 bits per heavy atom. The SMILES string of the molecule is COc1ccccc1NC(=O)Cc1noc(COc2ccc(Cl)cc2[N+](=O)[O-])n1. The van der Waals surface area contributed by atoms with Gasteiger partial charge in [-0.05, 0) is 24.3 Å². The van der Waals surface area contributed by atoms with Crippen molar-refractivity contribution < 1.29 is 23.7 Å². The topological polar surface area (TPSA) is 130 Å². The molecule has 0 aliphatic heterocycles. The van der Waals surface area contributed by atoms with Crippen LogP contribution in [-0.2, 0) is 17.8 Å². The van der Waals surface area contributed by atoms with Gasteiger partial charge in [0.2, 0.25) is 5.91 Å². The molecule has 0 saturated carbocycles. The van der Waals surface area contributed by atoms with Crippen molar-refractivity contribution in [1.29, 1.82) is 0 Å². The number of amides is 1. The van der Waals surface area contributed by atoms with Crippen molar-refractivity contribution in [2.75, 3.05) is 12.4 Å². The predicted molar refractivity (Wildman–Crippen MR) is 102 cm³/mol. The second-order valence-corrected chi connectivity index (χ2v) is 6.12. The average Bonchev–Trinajstić information content (AvgIpc) is 3.14. The molecule has 3 aromatic rings. The van der Waals surface area contributed by atoms with Gasteiger partial charge in [0.25, 0.3) is 5.89 Å². The lowest BCUT2D eigenvalue weighted by atomic mass is 10.2. The first-order valence-corrected chi connectivity index (χ1v) is 8.65. The van der Waals surface area contributed by atoms with Gasteiger partial charge in [-0.1, -0.05) is 28.9 Å². The van der Waals surface area contributed by atoms with Crippen molar-refractivity contribution >= 4 is 28.9 Å². The molecule has 1 heterocycles. The van der Waals surface area contributed by atoms with Gasteiger partial charge in [0.05, 0.1) is 24.1 Å². The summed E-state index contributed by atoms with van der Waals surface area (Å²) < 4.78 is 15.6. The quantitative estimate of drug-likeness (QED) is 0.435. The first-order chi connectivity index (χ1) is 14.0. The van der Waals surface area contributed by atoms with Crippen molar-refractivity contribution in [2.24, 2.45) is 0 Å². The van der Waals surface area contributed by atoms with Gasteiger partial charge in [0.1, 0.15) is 5.75 Å². The summed E-state index contributed by atoms with van der Waals surface area (Å²) in [6, 6.07) is 11.0. The number of halogens is 1. The molecule has 0 fully saturated rings. The van der Waals surface area contributed by atoms with Crippen LogP contribution in [0.5, 0.6) is 11.5 Å². The van der Waals surface area contributed by atoms with Crippen LogP contribution in [0.3, 0.4) is 0 Å². The summed E-state index contributed by atoms with van der Waals surface area (Å²) >= 11 is 5.76. The lowest BCUT2D eigenvalue weighted by Crippen LogP contribution is -2.15. The first-order valence-electron chi connectivity index (χ1n) is 8.27. The van der Waals surface area contributed by atoms with Crippen molar-refractivity contribution in [3.05, 3.63) is 69.3 Å². The van der Waals surface area contributed by atoms with Crippen LogP contribution in [0.1, 0.15) is 11.7 Å². The molecule has 0 saturated heterocycles. The highest BCUT2D eigenvalue weighted by atomic mass is 35.5. The number of hydrogen-bond donors (Lipinski definition) is 1. The van der Waals surface area contributed by atoms with E-state index in [1.54, 1.807) is 24.3 Å². The van der Waals surface area contributed by atoms with Crippen molar-refractivity contribution in [2.45, 2.75) is 13.0 Å². The minimum absolute atomic E-state index is 0.00747. The molecule has 0 bridgehead atoms. The molecule has 11 heteroatoms. The van der Waals surface area contributed by atoms with Crippen molar-refractivity contribution in [1.82, 2.24) is 10.1 Å². The van der Waals surface area contributed by atoms with Gasteiger partial charge in [0.15, 0.2) is 18.2 Å². The Labute approximate surface area is 169 Å². The number of anilines is 1. The van der Waals surface area contributed by atoms with E-state index in [0.29, 0.717) is 11.4 Å². The molecule has 0 atom stereocenters. The highest BCUT2D eigenvalue weighted by molar-refractivity contribution is 6.30. The Morgan fingerprint density at radius 2 is 2.07 bits per heavy atom. The van der Waals surface area contributed by atoms with Crippen molar-refractivity contribution in [3.8, 4) is 11.5 Å². The Kier molecular flexibility index (Phi) is 6.25. The molecule has 0 aliphatic carbocycles. The number of nitrogens with zero attached hydrogens (tertiary/aromatic N) is 3. The number of hydrogen-bond acceptors (Lipinski definition) is 8. The van der Waals surface area contributed by atoms with Crippen LogP contribution in [0, 0.1) is 10.1 Å². The molecule has 0 unspecified atom stereocenters. The maximum Gasteiger partial charge on any atom is 0.312 e.